The zero-order valence-electron chi connectivity index (χ0n) is 21.2. The zero-order valence-corrected chi connectivity index (χ0v) is 22.0. The van der Waals surface area contributed by atoms with E-state index in [1.165, 1.54) is 0 Å². The summed E-state index contributed by atoms with van der Waals surface area (Å²) in [7, 11) is 1.73. The minimum atomic E-state index is -4.57. The van der Waals surface area contributed by atoms with E-state index < -0.39 is 17.7 Å². The smallest absolute Gasteiger partial charge is 0.417 e. The van der Waals surface area contributed by atoms with Crippen molar-refractivity contribution in [3.63, 3.8) is 0 Å². The largest absolute Gasteiger partial charge is 0.491 e. The summed E-state index contributed by atoms with van der Waals surface area (Å²) in [5.41, 5.74) is 0.602. The fourth-order valence-electron chi connectivity index (χ4n) is 3.55. The molecule has 0 fully saturated rings. The van der Waals surface area contributed by atoms with Crippen molar-refractivity contribution in [1.82, 2.24) is 14.8 Å². The van der Waals surface area contributed by atoms with Gasteiger partial charge in [0.15, 0.2) is 0 Å². The maximum Gasteiger partial charge on any atom is 0.417 e. The monoisotopic (exact) mass is 555 g/mol. The van der Waals surface area contributed by atoms with Crippen LogP contribution in [-0.2, 0) is 30.9 Å². The summed E-state index contributed by atoms with van der Waals surface area (Å²) in [6.45, 7) is 4.14. The molecular formula is C26H29ClF3N3O5. The molecule has 2 aromatic heterocycles. The molecule has 0 amide bonds. The highest BCUT2D eigenvalue weighted by molar-refractivity contribution is 6.31. The number of hydrogen-bond acceptors (Lipinski definition) is 6. The van der Waals surface area contributed by atoms with Crippen LogP contribution in [0.1, 0.15) is 49.9 Å². The normalized spacial score (nSPS) is 11.6. The van der Waals surface area contributed by atoms with Gasteiger partial charge in [-0.25, -0.2) is 4.98 Å². The molecule has 0 aliphatic rings. The topological polar surface area (TPSA) is 95.7 Å². The summed E-state index contributed by atoms with van der Waals surface area (Å²) in [5, 5.41) is 12.8. The number of aliphatic carboxylic acids is 1. The molecule has 0 unspecified atom stereocenters. The van der Waals surface area contributed by atoms with Crippen LogP contribution in [0.25, 0.3) is 0 Å². The number of aryl methyl sites for hydroxylation is 3. The Kier molecular flexibility index (Phi) is 9.84. The molecule has 206 valence electrons. The molecule has 0 radical (unpaired) electrons. The van der Waals surface area contributed by atoms with Gasteiger partial charge in [0, 0.05) is 31.1 Å². The van der Waals surface area contributed by atoms with Gasteiger partial charge in [-0.1, -0.05) is 17.7 Å². The summed E-state index contributed by atoms with van der Waals surface area (Å²) < 4.78 is 57.8. The van der Waals surface area contributed by atoms with E-state index in [-0.39, 0.29) is 23.4 Å². The second-order valence-electron chi connectivity index (χ2n) is 8.84. The first-order valence-electron chi connectivity index (χ1n) is 12.0. The summed E-state index contributed by atoms with van der Waals surface area (Å²) in [6, 6.07) is 7.80. The Balaban J connectivity index is 1.63. The van der Waals surface area contributed by atoms with Gasteiger partial charge in [-0.2, -0.15) is 13.2 Å². The first-order chi connectivity index (χ1) is 17.9. The van der Waals surface area contributed by atoms with Crippen molar-refractivity contribution in [2.24, 2.45) is 7.05 Å². The van der Waals surface area contributed by atoms with E-state index in [1.807, 2.05) is 19.9 Å². The Morgan fingerprint density at radius 1 is 1.16 bits per heavy atom. The minimum absolute atomic E-state index is 0.0115. The molecule has 0 bridgehead atoms. The SMILES string of the molecule is CC(C)Oc1ccc(CCCCOc2cc(CCC(=O)O)n(C)n2)c(Oc2ncc(C(F)(F)F)cc2Cl)c1. The number of rotatable bonds is 13. The van der Waals surface area contributed by atoms with Crippen molar-refractivity contribution in [2.45, 2.75) is 58.2 Å². The predicted molar refractivity (Wildman–Crippen MR) is 134 cm³/mol. The average Bonchev–Trinajstić information content (AvgIpc) is 3.18. The van der Waals surface area contributed by atoms with Gasteiger partial charge < -0.3 is 19.3 Å². The van der Waals surface area contributed by atoms with E-state index in [1.54, 1.807) is 29.9 Å². The van der Waals surface area contributed by atoms with Crippen molar-refractivity contribution in [3.8, 4) is 23.3 Å². The van der Waals surface area contributed by atoms with Crippen LogP contribution in [0, 0.1) is 0 Å². The Morgan fingerprint density at radius 2 is 1.92 bits per heavy atom. The van der Waals surface area contributed by atoms with E-state index in [4.69, 9.17) is 30.9 Å². The molecule has 2 heterocycles. The number of carboxylic acid groups (broad SMARTS) is 1. The van der Waals surface area contributed by atoms with Crippen LogP contribution >= 0.6 is 11.6 Å². The number of pyridine rings is 1. The molecule has 0 saturated heterocycles. The molecule has 3 aromatic rings. The molecule has 3 rings (SSSR count). The second kappa shape index (κ2) is 12.9. The first kappa shape index (κ1) is 29.1. The quantitative estimate of drug-likeness (QED) is 0.241. The highest BCUT2D eigenvalue weighted by Crippen LogP contribution is 2.36. The number of ether oxygens (including phenoxy) is 3. The van der Waals surface area contributed by atoms with E-state index in [0.29, 0.717) is 55.9 Å². The average molecular weight is 556 g/mol. The molecule has 38 heavy (non-hydrogen) atoms. The molecule has 0 aliphatic heterocycles. The lowest BCUT2D eigenvalue weighted by molar-refractivity contribution is -0.138. The molecule has 0 atom stereocenters. The fourth-order valence-corrected chi connectivity index (χ4v) is 3.76. The fraction of sp³-hybridized carbons (Fsp3) is 0.423. The number of aromatic nitrogens is 3. The molecule has 1 aromatic carbocycles. The lowest BCUT2D eigenvalue weighted by atomic mass is 10.1. The molecule has 0 spiro atoms. The lowest BCUT2D eigenvalue weighted by Gasteiger charge is -2.16. The first-order valence-corrected chi connectivity index (χ1v) is 12.4. The van der Waals surface area contributed by atoms with Crippen LogP contribution in [0.15, 0.2) is 36.5 Å². The van der Waals surface area contributed by atoms with Gasteiger partial charge in [-0.15, -0.1) is 5.10 Å². The van der Waals surface area contributed by atoms with Crippen molar-refractivity contribution >= 4 is 17.6 Å². The van der Waals surface area contributed by atoms with Crippen LogP contribution in [0.3, 0.4) is 0 Å². The molecular weight excluding hydrogens is 527 g/mol. The molecule has 1 N–H and O–H groups in total. The number of halogens is 4. The second-order valence-corrected chi connectivity index (χ2v) is 9.25. The van der Waals surface area contributed by atoms with Gasteiger partial charge >= 0.3 is 12.1 Å². The summed E-state index contributed by atoms with van der Waals surface area (Å²) in [6.07, 6.45) is -1.62. The number of carboxylic acids is 1. The Hall–Kier alpha value is -3.47. The number of benzene rings is 1. The molecule has 12 heteroatoms. The van der Waals surface area contributed by atoms with Gasteiger partial charge in [0.05, 0.1) is 24.7 Å². The van der Waals surface area contributed by atoms with Gasteiger partial charge in [0.1, 0.15) is 16.5 Å². The predicted octanol–water partition coefficient (Wildman–Crippen LogP) is 6.49. The van der Waals surface area contributed by atoms with Gasteiger partial charge in [-0.05, 0) is 57.2 Å². The Morgan fingerprint density at radius 3 is 2.58 bits per heavy atom. The van der Waals surface area contributed by atoms with Crippen molar-refractivity contribution in [3.05, 3.63) is 58.4 Å². The van der Waals surface area contributed by atoms with Crippen LogP contribution in [0.4, 0.5) is 13.2 Å². The van der Waals surface area contributed by atoms with Crippen LogP contribution in [0.5, 0.6) is 23.3 Å². The maximum absolute atomic E-state index is 13.0. The summed E-state index contributed by atoms with van der Waals surface area (Å²) in [4.78, 5) is 14.6. The number of nitrogens with zero attached hydrogens (tertiary/aromatic N) is 3. The third kappa shape index (κ3) is 8.54. The van der Waals surface area contributed by atoms with Crippen LogP contribution < -0.4 is 14.2 Å². The van der Waals surface area contributed by atoms with E-state index in [0.717, 1.165) is 17.3 Å². The van der Waals surface area contributed by atoms with Gasteiger partial charge in [0.25, 0.3) is 0 Å². The molecule has 0 saturated carbocycles. The third-order valence-corrected chi connectivity index (χ3v) is 5.66. The lowest BCUT2D eigenvalue weighted by Crippen LogP contribution is -2.07. The highest BCUT2D eigenvalue weighted by atomic mass is 35.5. The van der Waals surface area contributed by atoms with E-state index in [2.05, 4.69) is 10.1 Å². The number of unbranched alkanes of at least 4 members (excludes halogenated alkanes) is 1. The molecule has 8 nitrogen and oxygen atoms in total. The van der Waals surface area contributed by atoms with Crippen molar-refractivity contribution in [2.75, 3.05) is 6.61 Å². The van der Waals surface area contributed by atoms with E-state index in [9.17, 15) is 18.0 Å². The number of alkyl halides is 3. The zero-order chi connectivity index (χ0) is 27.9. The minimum Gasteiger partial charge on any atom is -0.491 e. The molecule has 0 aliphatic carbocycles. The Bertz CT molecular complexity index is 1250. The maximum atomic E-state index is 13.0. The third-order valence-electron chi connectivity index (χ3n) is 5.39. The van der Waals surface area contributed by atoms with E-state index >= 15 is 0 Å². The highest BCUT2D eigenvalue weighted by Gasteiger charge is 2.32. The summed E-state index contributed by atoms with van der Waals surface area (Å²) >= 11 is 6.04. The van der Waals surface area contributed by atoms with Crippen molar-refractivity contribution in [1.29, 1.82) is 0 Å². The van der Waals surface area contributed by atoms with Gasteiger partial charge in [0.2, 0.25) is 11.8 Å². The van der Waals surface area contributed by atoms with Crippen LogP contribution in [-0.4, -0.2) is 38.6 Å². The van der Waals surface area contributed by atoms with Crippen molar-refractivity contribution < 1.29 is 37.3 Å². The summed E-state index contributed by atoms with van der Waals surface area (Å²) in [5.74, 6) is 0.331. The number of hydrogen-bond donors (Lipinski definition) is 1. The number of carbonyl (C=O) groups is 1. The standard InChI is InChI=1S/C26H29ClF3N3O5/c1-16(2)37-20-9-7-17(22(14-20)38-25-21(27)12-18(15-31-25)26(28,29)30)6-4-5-11-36-23-13-19(33(3)32-23)8-10-24(34)35/h7,9,12-16H,4-6,8,10-11H2,1-3H3,(H,34,35). The Labute approximate surface area is 223 Å². The van der Waals surface area contributed by atoms with Gasteiger partial charge in [-0.3, -0.25) is 9.48 Å². The van der Waals surface area contributed by atoms with Crippen LogP contribution in [0.2, 0.25) is 5.02 Å².